The molecule has 1 N–H and O–H groups in total. The van der Waals surface area contributed by atoms with E-state index in [1.54, 1.807) is 25.3 Å². The topological polar surface area (TPSA) is 47.6 Å². The van der Waals surface area contributed by atoms with Crippen LogP contribution < -0.4 is 5.32 Å². The van der Waals surface area contributed by atoms with Crippen molar-refractivity contribution in [1.29, 1.82) is 0 Å². The Labute approximate surface area is 124 Å². The highest BCUT2D eigenvalue weighted by Crippen LogP contribution is 2.27. The molecule has 1 aliphatic carbocycles. The van der Waals surface area contributed by atoms with E-state index in [0.29, 0.717) is 22.7 Å². The lowest BCUT2D eigenvalue weighted by Crippen LogP contribution is -2.29. The maximum atomic E-state index is 11.8. The first-order valence-corrected chi connectivity index (χ1v) is 7.19. The summed E-state index contributed by atoms with van der Waals surface area (Å²) in [6.07, 6.45) is 4.45. The van der Waals surface area contributed by atoms with Crippen LogP contribution in [0, 0.1) is 0 Å². The molecule has 1 aromatic rings. The molecule has 4 nitrogen and oxygen atoms in total. The quantitative estimate of drug-likeness (QED) is 0.864. The maximum absolute atomic E-state index is 11.8. The van der Waals surface area contributed by atoms with Crippen LogP contribution in [0.1, 0.15) is 36.0 Å². The molecule has 20 heavy (non-hydrogen) atoms. The van der Waals surface area contributed by atoms with Gasteiger partial charge in [-0.2, -0.15) is 0 Å². The van der Waals surface area contributed by atoms with Crippen LogP contribution in [0.25, 0.3) is 0 Å². The Hall–Kier alpha value is -1.26. The van der Waals surface area contributed by atoms with Crippen molar-refractivity contribution in [1.82, 2.24) is 0 Å². The number of anilines is 1. The molecular formula is C15H20ClNO3. The van der Waals surface area contributed by atoms with Crippen molar-refractivity contribution in [3.8, 4) is 0 Å². The molecule has 1 saturated carbocycles. The number of hydrogen-bond acceptors (Lipinski definition) is 4. The first-order valence-electron chi connectivity index (χ1n) is 6.81. The molecule has 2 rings (SSSR count). The first kappa shape index (κ1) is 15.1. The molecule has 0 aromatic heterocycles. The number of ether oxygens (including phenoxy) is 2. The van der Waals surface area contributed by atoms with E-state index >= 15 is 0 Å². The monoisotopic (exact) mass is 297 g/mol. The molecule has 110 valence electrons. The summed E-state index contributed by atoms with van der Waals surface area (Å²) in [5, 5.41) is 4.01. The second kappa shape index (κ2) is 6.95. The highest BCUT2D eigenvalue weighted by atomic mass is 35.5. The first-order chi connectivity index (χ1) is 9.63. The number of carbonyl (C=O) groups is 1. The fourth-order valence-electron chi connectivity index (χ4n) is 2.59. The number of benzene rings is 1. The molecule has 0 aliphatic heterocycles. The molecule has 0 bridgehead atoms. The molecule has 0 saturated heterocycles. The fourth-order valence-corrected chi connectivity index (χ4v) is 2.76. The Balaban J connectivity index is 2.08. The lowest BCUT2D eigenvalue weighted by Gasteiger charge is -2.29. The van der Waals surface area contributed by atoms with Gasteiger partial charge < -0.3 is 14.8 Å². The van der Waals surface area contributed by atoms with Crippen LogP contribution in [0.3, 0.4) is 0 Å². The van der Waals surface area contributed by atoms with Gasteiger partial charge in [0, 0.05) is 18.2 Å². The zero-order valence-electron chi connectivity index (χ0n) is 11.8. The Morgan fingerprint density at radius 1 is 1.25 bits per heavy atom. The highest BCUT2D eigenvalue weighted by molar-refractivity contribution is 6.31. The Morgan fingerprint density at radius 2 is 1.95 bits per heavy atom. The van der Waals surface area contributed by atoms with Gasteiger partial charge in [0.05, 0.1) is 24.5 Å². The molecule has 0 heterocycles. The maximum Gasteiger partial charge on any atom is 0.339 e. The van der Waals surface area contributed by atoms with Gasteiger partial charge in [0.2, 0.25) is 0 Å². The number of rotatable bonds is 4. The summed E-state index contributed by atoms with van der Waals surface area (Å²) in [6, 6.07) is 5.50. The minimum absolute atomic E-state index is 0.336. The minimum atomic E-state index is -0.352. The predicted molar refractivity (Wildman–Crippen MR) is 79.5 cm³/mol. The Kier molecular flexibility index (Phi) is 5.26. The lowest BCUT2D eigenvalue weighted by molar-refractivity contribution is 0.0600. The summed E-state index contributed by atoms with van der Waals surface area (Å²) in [5.74, 6) is -0.352. The van der Waals surface area contributed by atoms with Gasteiger partial charge in [-0.1, -0.05) is 11.6 Å². The third-order valence-corrected chi connectivity index (χ3v) is 3.99. The second-order valence-electron chi connectivity index (χ2n) is 5.04. The van der Waals surface area contributed by atoms with Gasteiger partial charge in [-0.05, 0) is 43.9 Å². The fraction of sp³-hybridized carbons (Fsp3) is 0.533. The number of hydrogen-bond donors (Lipinski definition) is 1. The van der Waals surface area contributed by atoms with E-state index in [2.05, 4.69) is 5.32 Å². The van der Waals surface area contributed by atoms with Crippen LogP contribution in [0.4, 0.5) is 5.69 Å². The smallest absolute Gasteiger partial charge is 0.339 e. The molecular weight excluding hydrogens is 278 g/mol. The largest absolute Gasteiger partial charge is 0.465 e. The van der Waals surface area contributed by atoms with E-state index in [0.717, 1.165) is 31.4 Å². The third kappa shape index (κ3) is 3.64. The van der Waals surface area contributed by atoms with Crippen LogP contribution in [0.5, 0.6) is 0 Å². The van der Waals surface area contributed by atoms with Crippen molar-refractivity contribution < 1.29 is 14.3 Å². The molecule has 5 heteroatoms. The summed E-state index contributed by atoms with van der Waals surface area (Å²) in [6.45, 7) is 0. The van der Waals surface area contributed by atoms with E-state index in [9.17, 15) is 4.79 Å². The Bertz CT molecular complexity index is 470. The molecule has 0 amide bonds. The molecule has 1 aromatic carbocycles. The average Bonchev–Trinajstić information content (AvgIpc) is 2.47. The van der Waals surface area contributed by atoms with Gasteiger partial charge in [0.25, 0.3) is 0 Å². The number of carbonyl (C=O) groups excluding carboxylic acids is 1. The predicted octanol–water partition coefficient (Wildman–Crippen LogP) is 3.50. The van der Waals surface area contributed by atoms with E-state index in [1.165, 1.54) is 7.11 Å². The second-order valence-corrected chi connectivity index (χ2v) is 5.47. The number of halogens is 1. The van der Waals surface area contributed by atoms with Crippen LogP contribution in [0.2, 0.25) is 5.02 Å². The zero-order chi connectivity index (χ0) is 14.5. The number of methoxy groups -OCH3 is 2. The van der Waals surface area contributed by atoms with E-state index < -0.39 is 0 Å². The van der Waals surface area contributed by atoms with Gasteiger partial charge in [0.1, 0.15) is 0 Å². The van der Waals surface area contributed by atoms with Crippen LogP contribution >= 0.6 is 11.6 Å². The SMILES string of the molecule is COC(=O)c1ccc(Cl)cc1NC1CCC(OC)CC1. The lowest BCUT2D eigenvalue weighted by atomic mass is 9.92. The molecule has 0 unspecified atom stereocenters. The highest BCUT2D eigenvalue weighted by Gasteiger charge is 2.22. The van der Waals surface area contributed by atoms with Crippen molar-refractivity contribution in [3.63, 3.8) is 0 Å². The summed E-state index contributed by atoms with van der Waals surface area (Å²) >= 11 is 6.02. The van der Waals surface area contributed by atoms with Crippen LogP contribution in [0.15, 0.2) is 18.2 Å². The summed E-state index contributed by atoms with van der Waals surface area (Å²) in [4.78, 5) is 11.8. The van der Waals surface area contributed by atoms with Gasteiger partial charge in [0.15, 0.2) is 0 Å². The van der Waals surface area contributed by atoms with E-state index in [-0.39, 0.29) is 5.97 Å². The molecule has 1 fully saturated rings. The third-order valence-electron chi connectivity index (χ3n) is 3.75. The molecule has 1 aliphatic rings. The molecule has 0 radical (unpaired) electrons. The summed E-state index contributed by atoms with van der Waals surface area (Å²) in [7, 11) is 3.13. The van der Waals surface area contributed by atoms with Gasteiger partial charge in [-0.15, -0.1) is 0 Å². The van der Waals surface area contributed by atoms with Crippen molar-refractivity contribution in [2.75, 3.05) is 19.5 Å². The Morgan fingerprint density at radius 3 is 2.55 bits per heavy atom. The van der Waals surface area contributed by atoms with Gasteiger partial charge in [-0.3, -0.25) is 0 Å². The van der Waals surface area contributed by atoms with Crippen molar-refractivity contribution >= 4 is 23.3 Å². The van der Waals surface area contributed by atoms with E-state index in [1.807, 2.05) is 0 Å². The molecule has 0 spiro atoms. The van der Waals surface area contributed by atoms with E-state index in [4.69, 9.17) is 21.1 Å². The van der Waals surface area contributed by atoms with Crippen LogP contribution in [-0.4, -0.2) is 32.3 Å². The van der Waals surface area contributed by atoms with Crippen LogP contribution in [-0.2, 0) is 9.47 Å². The van der Waals surface area contributed by atoms with Gasteiger partial charge >= 0.3 is 5.97 Å². The van der Waals surface area contributed by atoms with Crippen molar-refractivity contribution in [3.05, 3.63) is 28.8 Å². The van der Waals surface area contributed by atoms with Crippen molar-refractivity contribution in [2.24, 2.45) is 0 Å². The normalized spacial score (nSPS) is 22.4. The summed E-state index contributed by atoms with van der Waals surface area (Å²) < 4.78 is 10.2. The average molecular weight is 298 g/mol. The number of esters is 1. The van der Waals surface area contributed by atoms with Crippen molar-refractivity contribution in [2.45, 2.75) is 37.8 Å². The molecule has 0 atom stereocenters. The zero-order valence-corrected chi connectivity index (χ0v) is 12.6. The standard InChI is InChI=1S/C15H20ClNO3/c1-19-12-6-4-11(5-7-12)17-14-9-10(16)3-8-13(14)15(18)20-2/h3,8-9,11-12,17H,4-7H2,1-2H3. The summed E-state index contributed by atoms with van der Waals surface area (Å²) in [5.41, 5.74) is 1.26. The minimum Gasteiger partial charge on any atom is -0.465 e. The number of nitrogens with one attached hydrogen (secondary N) is 1. The van der Waals surface area contributed by atoms with Gasteiger partial charge in [-0.25, -0.2) is 4.79 Å².